The zero-order valence-electron chi connectivity index (χ0n) is 10.5. The highest BCUT2D eigenvalue weighted by atomic mass is 19.1. The molecule has 0 aromatic heterocycles. The average Bonchev–Trinajstić information content (AvgIpc) is 2.20. The number of halogens is 2. The lowest BCUT2D eigenvalue weighted by Crippen LogP contribution is -2.26. The molecule has 3 nitrogen and oxygen atoms in total. The van der Waals surface area contributed by atoms with E-state index in [-0.39, 0.29) is 17.9 Å². The topological polar surface area (TPSA) is 46.2 Å². The van der Waals surface area contributed by atoms with E-state index in [4.69, 9.17) is 0 Å². The third-order valence-electron chi connectivity index (χ3n) is 2.36. The Morgan fingerprint density at radius 1 is 1.22 bits per heavy atom. The zero-order valence-corrected chi connectivity index (χ0v) is 10.5. The van der Waals surface area contributed by atoms with Gasteiger partial charge < -0.3 is 5.32 Å². The van der Waals surface area contributed by atoms with Crippen LogP contribution >= 0.6 is 0 Å². The first-order valence-corrected chi connectivity index (χ1v) is 5.48. The summed E-state index contributed by atoms with van der Waals surface area (Å²) in [6.07, 6.45) is -0.333. The molecule has 1 N–H and O–H groups in total. The second-order valence-electron chi connectivity index (χ2n) is 5.02. The number of benzene rings is 1. The molecule has 0 fully saturated rings. The molecule has 1 amide bonds. The second kappa shape index (κ2) is 5.25. The molecule has 18 heavy (non-hydrogen) atoms. The molecule has 0 aliphatic heterocycles. The summed E-state index contributed by atoms with van der Waals surface area (Å²) >= 11 is 0. The van der Waals surface area contributed by atoms with Crippen molar-refractivity contribution in [3.63, 3.8) is 0 Å². The fraction of sp³-hybridized carbons (Fsp3) is 0.385. The van der Waals surface area contributed by atoms with Gasteiger partial charge in [-0.05, 0) is 12.1 Å². The third kappa shape index (κ3) is 3.91. The molecule has 1 aromatic rings. The lowest BCUT2D eigenvalue weighted by Gasteiger charge is -2.16. The molecule has 5 heteroatoms. The lowest BCUT2D eigenvalue weighted by atomic mass is 9.89. The van der Waals surface area contributed by atoms with Gasteiger partial charge in [0, 0.05) is 11.5 Å². The summed E-state index contributed by atoms with van der Waals surface area (Å²) in [5.74, 6) is -2.45. The molecule has 1 aromatic carbocycles. The quantitative estimate of drug-likeness (QED) is 0.844. The van der Waals surface area contributed by atoms with E-state index >= 15 is 0 Å². The molecule has 0 bridgehead atoms. The van der Waals surface area contributed by atoms with Gasteiger partial charge in [-0.1, -0.05) is 20.8 Å². The average molecular weight is 255 g/mol. The first-order chi connectivity index (χ1) is 8.20. The van der Waals surface area contributed by atoms with Crippen molar-refractivity contribution in [1.29, 1.82) is 0 Å². The van der Waals surface area contributed by atoms with Crippen LogP contribution in [0.15, 0.2) is 18.2 Å². The van der Waals surface area contributed by atoms with Crippen LogP contribution < -0.4 is 5.32 Å². The van der Waals surface area contributed by atoms with Crippen molar-refractivity contribution in [2.45, 2.75) is 27.2 Å². The fourth-order valence-electron chi connectivity index (χ4n) is 1.20. The predicted octanol–water partition coefficient (Wildman–Crippen LogP) is 2.91. The zero-order chi connectivity index (χ0) is 13.9. The van der Waals surface area contributed by atoms with Crippen molar-refractivity contribution >= 4 is 17.4 Å². The van der Waals surface area contributed by atoms with Gasteiger partial charge in [0.05, 0.1) is 12.1 Å². The van der Waals surface area contributed by atoms with E-state index in [1.807, 2.05) is 0 Å². The highest BCUT2D eigenvalue weighted by Crippen LogP contribution is 2.18. The molecule has 0 spiro atoms. The van der Waals surface area contributed by atoms with Crippen molar-refractivity contribution in [3.05, 3.63) is 29.8 Å². The number of ketones is 1. The Hall–Kier alpha value is -1.78. The molecule has 0 atom stereocenters. The van der Waals surface area contributed by atoms with E-state index in [2.05, 4.69) is 5.32 Å². The Labute approximate surface area is 104 Å². The van der Waals surface area contributed by atoms with Gasteiger partial charge in [-0.3, -0.25) is 9.59 Å². The van der Waals surface area contributed by atoms with E-state index < -0.39 is 23.0 Å². The first kappa shape index (κ1) is 14.3. The van der Waals surface area contributed by atoms with Gasteiger partial charge in [0.1, 0.15) is 17.4 Å². The van der Waals surface area contributed by atoms with Crippen LogP contribution in [0, 0.1) is 17.0 Å². The fourth-order valence-corrected chi connectivity index (χ4v) is 1.20. The van der Waals surface area contributed by atoms with E-state index in [1.54, 1.807) is 20.8 Å². The van der Waals surface area contributed by atoms with Gasteiger partial charge in [-0.2, -0.15) is 0 Å². The highest BCUT2D eigenvalue weighted by molar-refractivity contribution is 6.05. The molecule has 0 aliphatic rings. The van der Waals surface area contributed by atoms with Gasteiger partial charge in [0.2, 0.25) is 5.91 Å². The Balaban J connectivity index is 2.68. The summed E-state index contributed by atoms with van der Waals surface area (Å²) in [6.45, 7) is 5.09. The molecular formula is C13H15F2NO2. The molecule has 0 heterocycles. The summed E-state index contributed by atoms with van der Waals surface area (Å²) in [5, 5.41) is 2.24. The van der Waals surface area contributed by atoms with Gasteiger partial charge in [0.15, 0.2) is 0 Å². The van der Waals surface area contributed by atoms with Crippen molar-refractivity contribution in [2.24, 2.45) is 5.41 Å². The maximum Gasteiger partial charge on any atom is 0.231 e. The van der Waals surface area contributed by atoms with Gasteiger partial charge in [-0.25, -0.2) is 8.78 Å². The standard InChI is InChI=1S/C13H15F2NO2/c1-13(2,3)11(17)7-12(18)16-10-5-4-8(14)6-9(10)15/h4-6H,7H2,1-3H3,(H,16,18). The minimum atomic E-state index is -0.869. The van der Waals surface area contributed by atoms with Gasteiger partial charge in [0.25, 0.3) is 0 Å². The number of carbonyl (C=O) groups excluding carboxylic acids is 2. The minimum absolute atomic E-state index is 0.136. The lowest BCUT2D eigenvalue weighted by molar-refractivity contribution is -0.130. The monoisotopic (exact) mass is 255 g/mol. The van der Waals surface area contributed by atoms with Crippen molar-refractivity contribution in [3.8, 4) is 0 Å². The molecule has 0 saturated heterocycles. The number of hydrogen-bond acceptors (Lipinski definition) is 2. The second-order valence-corrected chi connectivity index (χ2v) is 5.02. The number of carbonyl (C=O) groups is 2. The molecular weight excluding hydrogens is 240 g/mol. The largest absolute Gasteiger partial charge is 0.323 e. The molecule has 0 unspecified atom stereocenters. The van der Waals surface area contributed by atoms with E-state index in [9.17, 15) is 18.4 Å². The molecule has 98 valence electrons. The smallest absolute Gasteiger partial charge is 0.231 e. The van der Waals surface area contributed by atoms with E-state index in [0.29, 0.717) is 6.07 Å². The van der Waals surface area contributed by atoms with Crippen LogP contribution in [0.25, 0.3) is 0 Å². The summed E-state index contributed by atoms with van der Waals surface area (Å²) in [7, 11) is 0. The number of amides is 1. The van der Waals surface area contributed by atoms with Crippen LogP contribution in [0.5, 0.6) is 0 Å². The van der Waals surface area contributed by atoms with Crippen LogP contribution in [0.4, 0.5) is 14.5 Å². The van der Waals surface area contributed by atoms with E-state index in [1.165, 1.54) is 0 Å². The van der Waals surface area contributed by atoms with Crippen molar-refractivity contribution < 1.29 is 18.4 Å². The van der Waals surface area contributed by atoms with Crippen molar-refractivity contribution in [1.82, 2.24) is 0 Å². The Kier molecular flexibility index (Phi) is 4.16. The summed E-state index contributed by atoms with van der Waals surface area (Å²) in [6, 6.07) is 2.82. The maximum atomic E-state index is 13.2. The predicted molar refractivity (Wildman–Crippen MR) is 64.1 cm³/mol. The first-order valence-electron chi connectivity index (χ1n) is 5.48. The maximum absolute atomic E-state index is 13.2. The molecule has 1 rings (SSSR count). The van der Waals surface area contributed by atoms with Gasteiger partial charge in [-0.15, -0.1) is 0 Å². The van der Waals surface area contributed by atoms with Crippen LogP contribution in [0.2, 0.25) is 0 Å². The molecule has 0 saturated carbocycles. The van der Waals surface area contributed by atoms with Crippen LogP contribution in [0.3, 0.4) is 0 Å². The Morgan fingerprint density at radius 2 is 1.83 bits per heavy atom. The summed E-state index contributed by atoms with van der Waals surface area (Å²) in [4.78, 5) is 23.1. The number of hydrogen-bond donors (Lipinski definition) is 1. The number of Topliss-reactive ketones (excluding diaryl/α,β-unsaturated/α-hetero) is 1. The van der Waals surface area contributed by atoms with Crippen LogP contribution in [0.1, 0.15) is 27.2 Å². The number of rotatable bonds is 3. The normalized spacial score (nSPS) is 11.2. The highest BCUT2D eigenvalue weighted by Gasteiger charge is 2.23. The summed E-state index contributed by atoms with van der Waals surface area (Å²) < 4.78 is 25.9. The number of anilines is 1. The Bertz CT molecular complexity index is 478. The number of nitrogens with one attached hydrogen (secondary N) is 1. The SMILES string of the molecule is CC(C)(C)C(=O)CC(=O)Nc1ccc(F)cc1F. The van der Waals surface area contributed by atoms with Gasteiger partial charge >= 0.3 is 0 Å². The van der Waals surface area contributed by atoms with E-state index in [0.717, 1.165) is 12.1 Å². The van der Waals surface area contributed by atoms with Crippen LogP contribution in [-0.4, -0.2) is 11.7 Å². The minimum Gasteiger partial charge on any atom is -0.323 e. The summed E-state index contributed by atoms with van der Waals surface area (Å²) in [5.41, 5.74) is -0.762. The van der Waals surface area contributed by atoms with Crippen LogP contribution in [-0.2, 0) is 9.59 Å². The molecule has 0 aliphatic carbocycles. The Morgan fingerprint density at radius 3 is 2.33 bits per heavy atom. The molecule has 0 radical (unpaired) electrons. The van der Waals surface area contributed by atoms with Crippen molar-refractivity contribution in [2.75, 3.05) is 5.32 Å². The third-order valence-corrected chi connectivity index (χ3v) is 2.36.